The van der Waals surface area contributed by atoms with Crippen LogP contribution in [0, 0.1) is 5.92 Å². The minimum atomic E-state index is -0.0973. The summed E-state index contributed by atoms with van der Waals surface area (Å²) in [6, 6.07) is 0. The summed E-state index contributed by atoms with van der Waals surface area (Å²) in [4.78, 5) is 11.2. The van der Waals surface area contributed by atoms with Crippen LogP contribution in [0.5, 0.6) is 0 Å². The van der Waals surface area contributed by atoms with Crippen LogP contribution in [0.2, 0.25) is 0 Å². The third-order valence-corrected chi connectivity index (χ3v) is 1.80. The SMILES string of the molecule is CO/C=C/C1CC(OC)=CC1=O. The molecule has 0 aromatic heterocycles. The molecular weight excluding hydrogens is 156 g/mol. The second kappa shape index (κ2) is 3.95. The lowest BCUT2D eigenvalue weighted by atomic mass is 10.1. The molecule has 1 aliphatic rings. The lowest BCUT2D eigenvalue weighted by Crippen LogP contribution is -2.02. The lowest BCUT2D eigenvalue weighted by molar-refractivity contribution is -0.116. The zero-order valence-corrected chi connectivity index (χ0v) is 7.24. The van der Waals surface area contributed by atoms with E-state index in [1.54, 1.807) is 20.3 Å². The van der Waals surface area contributed by atoms with E-state index < -0.39 is 0 Å². The summed E-state index contributed by atoms with van der Waals surface area (Å²) in [6.45, 7) is 0. The van der Waals surface area contributed by atoms with Crippen LogP contribution in [0.1, 0.15) is 6.42 Å². The highest BCUT2D eigenvalue weighted by molar-refractivity contribution is 5.95. The molecule has 1 atom stereocenters. The van der Waals surface area contributed by atoms with E-state index in [2.05, 4.69) is 0 Å². The number of ketones is 1. The van der Waals surface area contributed by atoms with Crippen LogP contribution in [0.25, 0.3) is 0 Å². The molecule has 0 amide bonds. The Morgan fingerprint density at radius 3 is 2.83 bits per heavy atom. The van der Waals surface area contributed by atoms with Gasteiger partial charge in [-0.15, -0.1) is 0 Å². The Morgan fingerprint density at radius 2 is 2.33 bits per heavy atom. The van der Waals surface area contributed by atoms with Gasteiger partial charge in [0, 0.05) is 12.5 Å². The standard InChI is InChI=1S/C9H12O3/c1-11-4-3-7-5-8(12-2)6-9(7)10/h3-4,6-7H,5H2,1-2H3/b4-3+. The third kappa shape index (κ3) is 1.87. The molecule has 0 aliphatic heterocycles. The van der Waals surface area contributed by atoms with Gasteiger partial charge in [-0.05, 0) is 6.08 Å². The minimum Gasteiger partial charge on any atom is -0.505 e. The van der Waals surface area contributed by atoms with Gasteiger partial charge in [-0.3, -0.25) is 4.79 Å². The second-order valence-corrected chi connectivity index (χ2v) is 2.59. The fourth-order valence-corrected chi connectivity index (χ4v) is 1.12. The van der Waals surface area contributed by atoms with Crippen LogP contribution >= 0.6 is 0 Å². The predicted octanol–water partition coefficient (Wildman–Crippen LogP) is 1.27. The van der Waals surface area contributed by atoms with Gasteiger partial charge in [-0.25, -0.2) is 0 Å². The summed E-state index contributed by atoms with van der Waals surface area (Å²) < 4.78 is 9.68. The quantitative estimate of drug-likeness (QED) is 0.595. The van der Waals surface area contributed by atoms with E-state index in [9.17, 15) is 4.79 Å². The van der Waals surface area contributed by atoms with Crippen molar-refractivity contribution in [1.29, 1.82) is 0 Å². The van der Waals surface area contributed by atoms with E-state index in [1.807, 2.05) is 0 Å². The Morgan fingerprint density at radius 1 is 1.58 bits per heavy atom. The summed E-state index contributed by atoms with van der Waals surface area (Å²) >= 11 is 0. The lowest BCUT2D eigenvalue weighted by Gasteiger charge is -2.01. The van der Waals surface area contributed by atoms with E-state index in [0.717, 1.165) is 5.76 Å². The summed E-state index contributed by atoms with van der Waals surface area (Å²) in [5.41, 5.74) is 0. The molecule has 0 saturated carbocycles. The molecule has 1 rings (SSSR count). The first-order chi connectivity index (χ1) is 5.77. The molecule has 12 heavy (non-hydrogen) atoms. The van der Waals surface area contributed by atoms with Crippen LogP contribution in [-0.4, -0.2) is 20.0 Å². The van der Waals surface area contributed by atoms with Crippen molar-refractivity contribution in [3.8, 4) is 0 Å². The van der Waals surface area contributed by atoms with E-state index in [1.165, 1.54) is 12.3 Å². The Hall–Kier alpha value is -1.25. The smallest absolute Gasteiger partial charge is 0.166 e. The van der Waals surface area contributed by atoms with Crippen molar-refractivity contribution < 1.29 is 14.3 Å². The maximum absolute atomic E-state index is 11.2. The molecular formula is C9H12O3. The van der Waals surface area contributed by atoms with Crippen LogP contribution in [-0.2, 0) is 14.3 Å². The zero-order valence-electron chi connectivity index (χ0n) is 7.24. The van der Waals surface area contributed by atoms with Gasteiger partial charge in [0.1, 0.15) is 5.76 Å². The number of hydrogen-bond acceptors (Lipinski definition) is 3. The van der Waals surface area contributed by atoms with Crippen molar-refractivity contribution in [2.24, 2.45) is 5.92 Å². The van der Waals surface area contributed by atoms with Crippen molar-refractivity contribution in [2.45, 2.75) is 6.42 Å². The van der Waals surface area contributed by atoms with Crippen LogP contribution in [0.3, 0.4) is 0 Å². The van der Waals surface area contributed by atoms with Crippen LogP contribution in [0.15, 0.2) is 24.2 Å². The van der Waals surface area contributed by atoms with Crippen molar-refractivity contribution in [2.75, 3.05) is 14.2 Å². The predicted molar refractivity (Wildman–Crippen MR) is 44.4 cm³/mol. The summed E-state index contributed by atoms with van der Waals surface area (Å²) in [6.07, 6.45) is 5.44. The zero-order chi connectivity index (χ0) is 8.97. The summed E-state index contributed by atoms with van der Waals surface area (Å²) in [7, 11) is 3.13. The van der Waals surface area contributed by atoms with Gasteiger partial charge in [0.2, 0.25) is 0 Å². The van der Waals surface area contributed by atoms with Gasteiger partial charge in [0.25, 0.3) is 0 Å². The molecule has 3 heteroatoms. The summed E-state index contributed by atoms with van der Waals surface area (Å²) in [5.74, 6) is 0.728. The van der Waals surface area contributed by atoms with E-state index in [0.29, 0.717) is 6.42 Å². The van der Waals surface area contributed by atoms with E-state index in [4.69, 9.17) is 9.47 Å². The Bertz CT molecular complexity index is 228. The molecule has 0 N–H and O–H groups in total. The molecule has 0 aromatic carbocycles. The maximum Gasteiger partial charge on any atom is 0.166 e. The van der Waals surface area contributed by atoms with Crippen molar-refractivity contribution >= 4 is 5.78 Å². The van der Waals surface area contributed by atoms with Crippen molar-refractivity contribution in [3.05, 3.63) is 24.2 Å². The van der Waals surface area contributed by atoms with Crippen molar-refractivity contribution in [3.63, 3.8) is 0 Å². The fourth-order valence-electron chi connectivity index (χ4n) is 1.12. The molecule has 1 aliphatic carbocycles. The number of carbonyl (C=O) groups excluding carboxylic acids is 1. The average molecular weight is 168 g/mol. The van der Waals surface area contributed by atoms with Crippen LogP contribution < -0.4 is 0 Å². The Kier molecular flexibility index (Phi) is 2.91. The highest BCUT2D eigenvalue weighted by atomic mass is 16.5. The molecule has 0 aromatic rings. The second-order valence-electron chi connectivity index (χ2n) is 2.59. The fraction of sp³-hybridized carbons (Fsp3) is 0.444. The topological polar surface area (TPSA) is 35.5 Å². The van der Waals surface area contributed by atoms with Gasteiger partial charge in [0.05, 0.1) is 26.4 Å². The number of ether oxygens (including phenoxy) is 2. The molecule has 0 heterocycles. The van der Waals surface area contributed by atoms with Gasteiger partial charge in [-0.2, -0.15) is 0 Å². The molecule has 66 valence electrons. The van der Waals surface area contributed by atoms with E-state index >= 15 is 0 Å². The monoisotopic (exact) mass is 168 g/mol. The molecule has 3 nitrogen and oxygen atoms in total. The minimum absolute atomic E-state index is 0.0835. The van der Waals surface area contributed by atoms with Gasteiger partial charge in [0.15, 0.2) is 5.78 Å². The van der Waals surface area contributed by atoms with Crippen LogP contribution in [0.4, 0.5) is 0 Å². The average Bonchev–Trinajstić information content (AvgIpc) is 2.43. The van der Waals surface area contributed by atoms with Gasteiger partial charge in [-0.1, -0.05) is 0 Å². The molecule has 0 bridgehead atoms. The first-order valence-electron chi connectivity index (χ1n) is 3.75. The number of methoxy groups -OCH3 is 2. The Balaban J connectivity index is 2.53. The third-order valence-electron chi connectivity index (χ3n) is 1.80. The number of hydrogen-bond donors (Lipinski definition) is 0. The summed E-state index contributed by atoms with van der Waals surface area (Å²) in [5, 5.41) is 0. The number of allylic oxidation sites excluding steroid dienone is 3. The van der Waals surface area contributed by atoms with Gasteiger partial charge < -0.3 is 9.47 Å². The van der Waals surface area contributed by atoms with E-state index in [-0.39, 0.29) is 11.7 Å². The molecule has 0 saturated heterocycles. The number of carbonyl (C=O) groups is 1. The normalized spacial score (nSPS) is 23.0. The maximum atomic E-state index is 11.2. The first kappa shape index (κ1) is 8.84. The Labute approximate surface area is 71.7 Å². The molecule has 0 radical (unpaired) electrons. The number of rotatable bonds is 3. The molecule has 1 unspecified atom stereocenters. The van der Waals surface area contributed by atoms with Crippen molar-refractivity contribution in [1.82, 2.24) is 0 Å². The highest BCUT2D eigenvalue weighted by Gasteiger charge is 2.23. The highest BCUT2D eigenvalue weighted by Crippen LogP contribution is 2.23. The first-order valence-corrected chi connectivity index (χ1v) is 3.75. The van der Waals surface area contributed by atoms with Gasteiger partial charge >= 0.3 is 0 Å². The largest absolute Gasteiger partial charge is 0.505 e. The molecule has 0 fully saturated rings. The molecule has 0 spiro atoms.